The van der Waals surface area contributed by atoms with E-state index < -0.39 is 24.0 Å². The molecule has 11 heteroatoms. The normalized spacial score (nSPS) is 14.0. The van der Waals surface area contributed by atoms with E-state index >= 15 is 0 Å². The summed E-state index contributed by atoms with van der Waals surface area (Å²) in [7, 11) is 0. The minimum Gasteiger partial charge on any atom is -0.480 e. The number of hydrogen-bond acceptors (Lipinski definition) is 4. The summed E-state index contributed by atoms with van der Waals surface area (Å²) >= 11 is 0. The van der Waals surface area contributed by atoms with E-state index in [1.54, 1.807) is 4.90 Å². The van der Waals surface area contributed by atoms with E-state index in [0.717, 1.165) is 54.5 Å². The molecule has 1 fully saturated rings. The molecule has 0 spiro atoms. The zero-order chi connectivity index (χ0) is 26.7. The largest absolute Gasteiger partial charge is 0.480 e. The van der Waals surface area contributed by atoms with Gasteiger partial charge in [-0.25, -0.2) is 14.4 Å². The van der Waals surface area contributed by atoms with E-state index in [9.17, 15) is 24.3 Å². The molecule has 1 atom stereocenters. The maximum absolute atomic E-state index is 12.0. The summed E-state index contributed by atoms with van der Waals surface area (Å²) in [5, 5.41) is 23.6. The molecule has 3 rings (SSSR count). The Hall–Kier alpha value is -3.76. The van der Waals surface area contributed by atoms with Crippen molar-refractivity contribution in [2.75, 3.05) is 19.6 Å². The number of carboxylic acids is 1. The molecule has 1 saturated heterocycles. The second-order valence-electron chi connectivity index (χ2n) is 9.26. The Bertz CT molecular complexity index is 1040. The number of benzene rings is 1. The van der Waals surface area contributed by atoms with Gasteiger partial charge in [0, 0.05) is 49.1 Å². The lowest BCUT2D eigenvalue weighted by atomic mass is 9.98. The SMILES string of the molecule is CC(C)Cc1[nH]c2ccccc2c1C[C@H](NC(=O)CCNC(=O)O)C(=O)O.NC(=O)N1CCCCC1. The van der Waals surface area contributed by atoms with Crippen LogP contribution in [0.3, 0.4) is 0 Å². The minimum absolute atomic E-state index is 0.0702. The van der Waals surface area contributed by atoms with Crippen molar-refractivity contribution in [3.63, 3.8) is 0 Å². The molecule has 4 amide bonds. The number of H-pyrrole nitrogens is 1. The van der Waals surface area contributed by atoms with Crippen molar-refractivity contribution in [2.45, 2.75) is 58.4 Å². The number of urea groups is 1. The van der Waals surface area contributed by atoms with Gasteiger partial charge in [-0.05, 0) is 43.2 Å². The first kappa shape index (κ1) is 28.5. The second-order valence-corrected chi connectivity index (χ2v) is 9.26. The number of amides is 4. The molecule has 11 nitrogen and oxygen atoms in total. The second kappa shape index (κ2) is 14.0. The van der Waals surface area contributed by atoms with Crippen molar-refractivity contribution < 1.29 is 29.4 Å². The van der Waals surface area contributed by atoms with Crippen LogP contribution in [-0.2, 0) is 22.4 Å². The highest BCUT2D eigenvalue weighted by Gasteiger charge is 2.24. The Labute approximate surface area is 210 Å². The number of likely N-dealkylation sites (tertiary alicyclic amines) is 1. The molecule has 36 heavy (non-hydrogen) atoms. The topological polar surface area (TPSA) is 178 Å². The third-order valence-electron chi connectivity index (χ3n) is 5.85. The number of rotatable bonds is 9. The van der Waals surface area contributed by atoms with Crippen molar-refractivity contribution >= 4 is 34.9 Å². The third-order valence-corrected chi connectivity index (χ3v) is 5.85. The van der Waals surface area contributed by atoms with Crippen LogP contribution in [0.2, 0.25) is 0 Å². The molecule has 2 heterocycles. The van der Waals surface area contributed by atoms with E-state index in [1.807, 2.05) is 24.3 Å². The average Bonchev–Trinajstić information content (AvgIpc) is 3.15. The number of aromatic nitrogens is 1. The zero-order valence-corrected chi connectivity index (χ0v) is 20.9. The summed E-state index contributed by atoms with van der Waals surface area (Å²) < 4.78 is 0. The molecule has 0 unspecified atom stereocenters. The predicted octanol–water partition coefficient (Wildman–Crippen LogP) is 2.69. The number of hydrogen-bond donors (Lipinski definition) is 6. The molecule has 1 aromatic carbocycles. The molecule has 1 aliphatic heterocycles. The molecule has 0 bridgehead atoms. The zero-order valence-electron chi connectivity index (χ0n) is 20.9. The Balaban J connectivity index is 0.000000425. The van der Waals surface area contributed by atoms with Crippen molar-refractivity contribution in [1.29, 1.82) is 0 Å². The number of aliphatic carboxylic acids is 1. The number of piperidine rings is 1. The van der Waals surface area contributed by atoms with Crippen molar-refractivity contribution in [1.82, 2.24) is 20.5 Å². The summed E-state index contributed by atoms with van der Waals surface area (Å²) in [6.45, 7) is 5.81. The van der Waals surface area contributed by atoms with Gasteiger partial charge in [0.1, 0.15) is 6.04 Å². The Kier molecular flexibility index (Phi) is 11.0. The third kappa shape index (κ3) is 9.12. The van der Waals surface area contributed by atoms with Gasteiger partial charge in [-0.15, -0.1) is 0 Å². The van der Waals surface area contributed by atoms with Crippen LogP contribution in [0.1, 0.15) is 50.8 Å². The first-order valence-electron chi connectivity index (χ1n) is 12.2. The van der Waals surface area contributed by atoms with Gasteiger partial charge in [0.15, 0.2) is 0 Å². The molecule has 1 aliphatic rings. The molecule has 0 radical (unpaired) electrons. The molecule has 1 aromatic heterocycles. The van der Waals surface area contributed by atoms with Crippen LogP contribution in [0.15, 0.2) is 24.3 Å². The number of carbonyl (C=O) groups is 4. The van der Waals surface area contributed by atoms with Crippen LogP contribution in [0, 0.1) is 5.92 Å². The molecule has 2 aromatic rings. The quantitative estimate of drug-likeness (QED) is 0.306. The van der Waals surface area contributed by atoms with Gasteiger partial charge in [-0.3, -0.25) is 4.79 Å². The maximum Gasteiger partial charge on any atom is 0.404 e. The lowest BCUT2D eigenvalue weighted by Crippen LogP contribution is -2.43. The standard InChI is InChI=1S/C19H25N3O5.C6H12N2O/c1-11(2)9-15-13(12-5-3-4-6-14(12)21-15)10-16(18(24)25)22-17(23)7-8-20-19(26)27;7-6(9)8-4-2-1-3-5-8/h3-6,11,16,20-21H,7-10H2,1-2H3,(H,22,23)(H,24,25)(H,26,27);1-5H2,(H2,7,9)/t16-;/m0./s1. The van der Waals surface area contributed by atoms with Crippen molar-refractivity contribution in [2.24, 2.45) is 11.7 Å². The molecule has 198 valence electrons. The van der Waals surface area contributed by atoms with Crippen LogP contribution in [0.25, 0.3) is 10.9 Å². The van der Waals surface area contributed by atoms with E-state index in [-0.39, 0.29) is 25.4 Å². The van der Waals surface area contributed by atoms with Crippen LogP contribution in [0.4, 0.5) is 9.59 Å². The lowest BCUT2D eigenvalue weighted by molar-refractivity contribution is -0.141. The number of para-hydroxylation sites is 1. The van der Waals surface area contributed by atoms with Crippen LogP contribution in [0.5, 0.6) is 0 Å². The lowest BCUT2D eigenvalue weighted by Gasteiger charge is -2.24. The number of nitrogens with zero attached hydrogens (tertiary/aromatic N) is 1. The Morgan fingerprint density at radius 2 is 1.72 bits per heavy atom. The summed E-state index contributed by atoms with van der Waals surface area (Å²) in [5.74, 6) is -1.26. The van der Waals surface area contributed by atoms with Crippen LogP contribution < -0.4 is 16.4 Å². The highest BCUT2D eigenvalue weighted by atomic mass is 16.4. The number of primary amides is 1. The van der Waals surface area contributed by atoms with E-state index in [1.165, 1.54) is 6.42 Å². The van der Waals surface area contributed by atoms with Crippen LogP contribution >= 0.6 is 0 Å². The number of carbonyl (C=O) groups excluding carboxylic acids is 2. The summed E-state index contributed by atoms with van der Waals surface area (Å²) in [4.78, 5) is 49.6. The van der Waals surface area contributed by atoms with Gasteiger partial charge < -0.3 is 36.5 Å². The molecular formula is C25H37N5O6. The van der Waals surface area contributed by atoms with Crippen molar-refractivity contribution in [3.8, 4) is 0 Å². The first-order chi connectivity index (χ1) is 17.1. The number of nitrogens with two attached hydrogens (primary N) is 1. The summed E-state index contributed by atoms with van der Waals surface area (Å²) in [6, 6.07) is 6.32. The fourth-order valence-corrected chi connectivity index (χ4v) is 4.14. The number of nitrogens with one attached hydrogen (secondary N) is 3. The fraction of sp³-hybridized carbons (Fsp3) is 0.520. The smallest absolute Gasteiger partial charge is 0.404 e. The van der Waals surface area contributed by atoms with Crippen LogP contribution in [-0.4, -0.2) is 69.8 Å². The molecule has 0 aliphatic carbocycles. The van der Waals surface area contributed by atoms with Gasteiger partial charge in [-0.1, -0.05) is 32.0 Å². The van der Waals surface area contributed by atoms with Gasteiger partial charge in [-0.2, -0.15) is 0 Å². The number of carboxylic acid groups (broad SMARTS) is 2. The molecule has 7 N–H and O–H groups in total. The number of aromatic amines is 1. The Morgan fingerprint density at radius 1 is 1.06 bits per heavy atom. The maximum atomic E-state index is 12.0. The fourth-order valence-electron chi connectivity index (χ4n) is 4.14. The summed E-state index contributed by atoms with van der Waals surface area (Å²) in [6.07, 6.45) is 3.04. The van der Waals surface area contributed by atoms with E-state index in [0.29, 0.717) is 5.92 Å². The predicted molar refractivity (Wildman–Crippen MR) is 136 cm³/mol. The van der Waals surface area contributed by atoms with Gasteiger partial charge in [0.2, 0.25) is 5.91 Å². The van der Waals surface area contributed by atoms with Crippen molar-refractivity contribution in [3.05, 3.63) is 35.5 Å². The highest BCUT2D eigenvalue weighted by molar-refractivity contribution is 5.87. The van der Waals surface area contributed by atoms with Gasteiger partial charge in [0.05, 0.1) is 0 Å². The van der Waals surface area contributed by atoms with Gasteiger partial charge in [0.25, 0.3) is 0 Å². The number of fused-ring (bicyclic) bond motifs is 1. The Morgan fingerprint density at radius 3 is 2.28 bits per heavy atom. The highest BCUT2D eigenvalue weighted by Crippen LogP contribution is 2.26. The van der Waals surface area contributed by atoms with Gasteiger partial charge >= 0.3 is 18.1 Å². The first-order valence-corrected chi connectivity index (χ1v) is 12.2. The average molecular weight is 504 g/mol. The molecule has 0 saturated carbocycles. The summed E-state index contributed by atoms with van der Waals surface area (Å²) in [5.41, 5.74) is 7.85. The molecular weight excluding hydrogens is 466 g/mol. The monoisotopic (exact) mass is 503 g/mol. The van der Waals surface area contributed by atoms with E-state index in [2.05, 4.69) is 29.5 Å². The van der Waals surface area contributed by atoms with E-state index in [4.69, 9.17) is 10.8 Å². The minimum atomic E-state index is -1.23.